The van der Waals surface area contributed by atoms with E-state index < -0.39 is 10.8 Å². The first-order valence-electron chi connectivity index (χ1n) is 3.95. The molecule has 0 amide bonds. The minimum absolute atomic E-state index is 0.578. The monoisotopic (exact) mass is 173 g/mol. The van der Waals surface area contributed by atoms with Crippen molar-refractivity contribution < 1.29 is 4.21 Å². The second-order valence-electron chi connectivity index (χ2n) is 2.92. The van der Waals surface area contributed by atoms with E-state index in [1.165, 1.54) is 0 Å². The maximum atomic E-state index is 11.1. The lowest BCUT2D eigenvalue weighted by molar-refractivity contribution is 0.374. The molecule has 1 unspecified atom stereocenters. The lowest BCUT2D eigenvalue weighted by Crippen LogP contribution is -2.23. The highest BCUT2D eigenvalue weighted by molar-refractivity contribution is 7.85. The molecule has 0 aromatic rings. The molecule has 0 bridgehead atoms. The van der Waals surface area contributed by atoms with Crippen LogP contribution in [0.25, 0.3) is 0 Å². The quantitative estimate of drug-likeness (QED) is 0.589. The third-order valence-electron chi connectivity index (χ3n) is 1.93. The molecule has 1 saturated heterocycles. The van der Waals surface area contributed by atoms with E-state index in [4.69, 9.17) is 0 Å². The molecule has 0 aromatic heterocycles. The first kappa shape index (κ1) is 8.78. The van der Waals surface area contributed by atoms with Crippen LogP contribution in [0.5, 0.6) is 0 Å². The summed E-state index contributed by atoms with van der Waals surface area (Å²) in [5.41, 5.74) is 1.10. The van der Waals surface area contributed by atoms with Crippen LogP contribution >= 0.6 is 0 Å². The van der Waals surface area contributed by atoms with E-state index in [1.54, 1.807) is 0 Å². The van der Waals surface area contributed by atoms with Crippen molar-refractivity contribution in [2.45, 2.75) is 13.3 Å². The Labute approximate surface area is 70.7 Å². The minimum atomic E-state index is -0.578. The van der Waals surface area contributed by atoms with E-state index in [9.17, 15) is 4.21 Å². The molecule has 1 aliphatic heterocycles. The van der Waals surface area contributed by atoms with Crippen molar-refractivity contribution in [2.75, 3.05) is 24.6 Å². The summed E-state index contributed by atoms with van der Waals surface area (Å²) in [7, 11) is -0.578. The predicted molar refractivity (Wildman–Crippen MR) is 48.9 cm³/mol. The van der Waals surface area contributed by atoms with Gasteiger partial charge in [0.1, 0.15) is 0 Å². The molecule has 11 heavy (non-hydrogen) atoms. The molecule has 0 radical (unpaired) electrons. The van der Waals surface area contributed by atoms with Gasteiger partial charge in [0, 0.05) is 41.1 Å². The summed E-state index contributed by atoms with van der Waals surface area (Å²) in [5, 5.41) is 0. The molecule has 1 rings (SSSR count). The summed E-state index contributed by atoms with van der Waals surface area (Å²) in [5.74, 6) is 1.68. The Morgan fingerprint density at radius 1 is 1.45 bits per heavy atom. The van der Waals surface area contributed by atoms with Crippen LogP contribution in [0.1, 0.15) is 13.3 Å². The summed E-state index contributed by atoms with van der Waals surface area (Å²) in [4.78, 5) is 2.21. The molecule has 1 aliphatic rings. The van der Waals surface area contributed by atoms with Gasteiger partial charge in [0.2, 0.25) is 0 Å². The zero-order chi connectivity index (χ0) is 8.27. The zero-order valence-electron chi connectivity index (χ0n) is 7.01. The third-order valence-corrected chi connectivity index (χ3v) is 3.31. The van der Waals surface area contributed by atoms with Crippen LogP contribution in [-0.4, -0.2) is 33.7 Å². The number of hydrogen-bond donors (Lipinski definition) is 0. The van der Waals surface area contributed by atoms with E-state index in [0.29, 0.717) is 0 Å². The molecule has 3 heteroatoms. The summed E-state index contributed by atoms with van der Waals surface area (Å²) in [6.45, 7) is 7.83. The third kappa shape index (κ3) is 2.66. The normalized spacial score (nSPS) is 26.3. The van der Waals surface area contributed by atoms with E-state index >= 15 is 0 Å². The zero-order valence-corrected chi connectivity index (χ0v) is 7.82. The van der Waals surface area contributed by atoms with Crippen LogP contribution in [-0.2, 0) is 10.8 Å². The maximum Gasteiger partial charge on any atom is 0.0410 e. The van der Waals surface area contributed by atoms with Gasteiger partial charge >= 0.3 is 0 Å². The average molecular weight is 173 g/mol. The summed E-state index contributed by atoms with van der Waals surface area (Å²) in [6, 6.07) is 0. The van der Waals surface area contributed by atoms with Gasteiger partial charge in [-0.3, -0.25) is 4.21 Å². The molecule has 0 aliphatic carbocycles. The van der Waals surface area contributed by atoms with Crippen LogP contribution in [0, 0.1) is 0 Å². The van der Waals surface area contributed by atoms with Crippen molar-refractivity contribution in [3.63, 3.8) is 0 Å². The van der Waals surface area contributed by atoms with Gasteiger partial charge in [-0.1, -0.05) is 6.58 Å². The molecule has 0 aromatic carbocycles. The van der Waals surface area contributed by atoms with Gasteiger partial charge in [-0.25, -0.2) is 0 Å². The van der Waals surface area contributed by atoms with Crippen LogP contribution in [0.15, 0.2) is 12.3 Å². The van der Waals surface area contributed by atoms with Crippen LogP contribution in [0.2, 0.25) is 0 Å². The van der Waals surface area contributed by atoms with Crippen molar-refractivity contribution in [1.82, 2.24) is 4.90 Å². The van der Waals surface area contributed by atoms with Gasteiger partial charge in [0.05, 0.1) is 0 Å². The fourth-order valence-electron chi connectivity index (χ4n) is 1.22. The Morgan fingerprint density at radius 3 is 2.82 bits per heavy atom. The number of rotatable bonds is 1. The Bertz CT molecular complexity index is 179. The summed E-state index contributed by atoms with van der Waals surface area (Å²) < 4.78 is 11.1. The van der Waals surface area contributed by atoms with Gasteiger partial charge in [-0.2, -0.15) is 0 Å². The molecule has 1 atom stereocenters. The van der Waals surface area contributed by atoms with Crippen molar-refractivity contribution >= 4 is 10.8 Å². The predicted octanol–water partition coefficient (Wildman–Crippen LogP) is 0.974. The highest BCUT2D eigenvalue weighted by Crippen LogP contribution is 2.06. The molecule has 1 heterocycles. The lowest BCUT2D eigenvalue weighted by atomic mass is 10.4. The van der Waals surface area contributed by atoms with E-state index in [1.807, 2.05) is 6.92 Å². The highest BCUT2D eigenvalue weighted by Gasteiger charge is 2.11. The van der Waals surface area contributed by atoms with Gasteiger partial charge < -0.3 is 4.90 Å². The highest BCUT2D eigenvalue weighted by atomic mass is 32.2. The first-order valence-corrected chi connectivity index (χ1v) is 5.44. The van der Waals surface area contributed by atoms with Crippen molar-refractivity contribution in [2.24, 2.45) is 0 Å². The summed E-state index contributed by atoms with van der Waals surface area (Å²) in [6.07, 6.45) is 1.04. The fraction of sp³-hybridized carbons (Fsp3) is 0.750. The molecule has 0 N–H and O–H groups in total. The molecular weight excluding hydrogens is 158 g/mol. The van der Waals surface area contributed by atoms with Crippen molar-refractivity contribution in [3.8, 4) is 0 Å². The molecule has 64 valence electrons. The molecule has 1 fully saturated rings. The fourth-order valence-corrected chi connectivity index (χ4v) is 2.30. The van der Waals surface area contributed by atoms with E-state index in [2.05, 4.69) is 11.5 Å². The maximum absolute atomic E-state index is 11.1. The second-order valence-corrected chi connectivity index (χ2v) is 4.62. The van der Waals surface area contributed by atoms with E-state index in [-0.39, 0.29) is 0 Å². The van der Waals surface area contributed by atoms with E-state index in [0.717, 1.165) is 36.7 Å². The number of nitrogens with zero attached hydrogens (tertiary/aromatic N) is 1. The minimum Gasteiger partial charge on any atom is -0.375 e. The number of hydrogen-bond acceptors (Lipinski definition) is 2. The smallest absolute Gasteiger partial charge is 0.0410 e. The lowest BCUT2D eigenvalue weighted by Gasteiger charge is -2.21. The van der Waals surface area contributed by atoms with Crippen molar-refractivity contribution in [3.05, 3.63) is 12.3 Å². The largest absolute Gasteiger partial charge is 0.375 e. The number of allylic oxidation sites excluding steroid dienone is 1. The molecule has 0 saturated carbocycles. The van der Waals surface area contributed by atoms with Gasteiger partial charge in [-0.05, 0) is 13.3 Å². The van der Waals surface area contributed by atoms with Gasteiger partial charge in [0.25, 0.3) is 0 Å². The van der Waals surface area contributed by atoms with Crippen LogP contribution in [0.4, 0.5) is 0 Å². The SMILES string of the molecule is C=C(C)N1CCCS(=O)CC1. The van der Waals surface area contributed by atoms with Gasteiger partial charge in [0.15, 0.2) is 0 Å². The first-order chi connectivity index (χ1) is 5.20. The van der Waals surface area contributed by atoms with Crippen LogP contribution in [0.3, 0.4) is 0 Å². The van der Waals surface area contributed by atoms with Crippen molar-refractivity contribution in [1.29, 1.82) is 0 Å². The average Bonchev–Trinajstić information content (AvgIpc) is 2.13. The Morgan fingerprint density at radius 2 is 2.18 bits per heavy atom. The standard InChI is InChI=1S/C8H15NOS/c1-8(2)9-4-3-6-11(10)7-5-9/h1,3-7H2,2H3. The molecule has 2 nitrogen and oxygen atoms in total. The molecule has 0 spiro atoms. The second kappa shape index (κ2) is 3.90. The topological polar surface area (TPSA) is 20.3 Å². The molecular formula is C8H15NOS. The van der Waals surface area contributed by atoms with Gasteiger partial charge in [-0.15, -0.1) is 0 Å². The Kier molecular flexibility index (Phi) is 3.12. The Balaban J connectivity index is 2.46. The Hall–Kier alpha value is -0.310. The summed E-state index contributed by atoms with van der Waals surface area (Å²) >= 11 is 0. The van der Waals surface area contributed by atoms with Crippen LogP contribution < -0.4 is 0 Å².